The smallest absolute Gasteiger partial charge is 0.186 e. The lowest BCUT2D eigenvalue weighted by molar-refractivity contribution is -0.453. The van der Waals surface area contributed by atoms with E-state index in [4.69, 9.17) is 4.89 Å². The average Bonchev–Trinajstić information content (AvgIpc) is 1.69. The normalized spacial score (nSPS) is 25.3. The summed E-state index contributed by atoms with van der Waals surface area (Å²) in [5, 5.41) is 0. The van der Waals surface area contributed by atoms with Crippen molar-refractivity contribution in [3.8, 4) is 0 Å². The lowest BCUT2D eigenvalue weighted by Gasteiger charge is -2.13. The average molecular weight is 103 g/mol. The Bertz CT molecular complexity index is 48.0. The van der Waals surface area contributed by atoms with E-state index >= 15 is 0 Å². The van der Waals surface area contributed by atoms with Gasteiger partial charge in [-0.15, -0.1) is 4.89 Å². The van der Waals surface area contributed by atoms with E-state index in [0.717, 1.165) is 13.2 Å². The van der Waals surface area contributed by atoms with Crippen molar-refractivity contribution in [2.24, 2.45) is 0 Å². The summed E-state index contributed by atoms with van der Waals surface area (Å²) in [6.07, 6.45) is 2.46. The van der Waals surface area contributed by atoms with Gasteiger partial charge in [-0.2, -0.15) is 0 Å². The predicted molar refractivity (Wildman–Crippen MR) is 27.1 cm³/mol. The zero-order valence-electron chi connectivity index (χ0n) is 4.64. The van der Waals surface area contributed by atoms with Crippen molar-refractivity contribution in [2.75, 3.05) is 20.3 Å². The Kier molecular flexibility index (Phi) is 1.65. The Hall–Kier alpha value is -0.0800. The zero-order chi connectivity index (χ0) is 5.11. The molecule has 1 aliphatic rings. The Morgan fingerprint density at radius 1 is 1.43 bits per heavy atom. The van der Waals surface area contributed by atoms with Crippen molar-refractivity contribution in [1.29, 1.82) is 0 Å². The van der Waals surface area contributed by atoms with E-state index in [1.165, 1.54) is 12.8 Å². The molecule has 0 radical (unpaired) electrons. The van der Waals surface area contributed by atoms with Gasteiger partial charge in [-0.1, -0.05) is 0 Å². The molecule has 1 rings (SSSR count). The van der Waals surface area contributed by atoms with Crippen molar-refractivity contribution in [3.05, 3.63) is 0 Å². The lowest BCUT2D eigenvalue weighted by Crippen LogP contribution is -2.17. The molecule has 0 aliphatic carbocycles. The second-order valence-corrected chi connectivity index (χ2v) is 1.81. The lowest BCUT2D eigenvalue weighted by atomic mass is 10.3. The van der Waals surface area contributed by atoms with Crippen LogP contribution in [0.25, 0.3) is 0 Å². The fourth-order valence-electron chi connectivity index (χ4n) is 0.667. The largest absolute Gasteiger partial charge is 0.242 e. The molecule has 0 unspecified atom stereocenters. The summed E-state index contributed by atoms with van der Waals surface area (Å²) in [5.74, 6) is 0. The van der Waals surface area contributed by atoms with Crippen LogP contribution in [0.4, 0.5) is 0 Å². The topological polar surface area (TPSA) is 11.9 Å². The molecule has 0 aromatic rings. The third-order valence-corrected chi connectivity index (χ3v) is 1.11. The van der Waals surface area contributed by atoms with Crippen molar-refractivity contribution >= 4 is 0 Å². The SMILES string of the molecule is C[O+]1CCCCO1. The Balaban J connectivity index is 2.12. The molecule has 0 N–H and O–H groups in total. The maximum atomic E-state index is 5.03. The molecular weight excluding hydrogens is 92.1 g/mol. The fraction of sp³-hybridized carbons (Fsp3) is 1.00. The first-order chi connectivity index (χ1) is 3.39. The highest BCUT2D eigenvalue weighted by Gasteiger charge is 2.09. The Labute approximate surface area is 43.7 Å². The molecule has 0 bridgehead atoms. The van der Waals surface area contributed by atoms with E-state index in [9.17, 15) is 0 Å². The van der Waals surface area contributed by atoms with Gasteiger partial charge in [-0.25, -0.2) is 4.52 Å². The number of hydrogen-bond donors (Lipinski definition) is 0. The molecule has 0 spiro atoms. The molecular formula is C5H11O2+. The highest BCUT2D eigenvalue weighted by Crippen LogP contribution is 2.05. The van der Waals surface area contributed by atoms with Crippen LogP contribution in [0, 0.1) is 0 Å². The minimum absolute atomic E-state index is 0.876. The highest BCUT2D eigenvalue weighted by atomic mass is 17.3. The highest BCUT2D eigenvalue weighted by molar-refractivity contribution is 4.39. The standard InChI is InChI=1S/C5H11O2/c1-7-5-3-2-4-6-7/h2-5H2,1H3/q+1. The molecule has 0 saturated carbocycles. The molecule has 7 heavy (non-hydrogen) atoms. The molecule has 1 aliphatic heterocycles. The molecule has 0 aromatic carbocycles. The fourth-order valence-corrected chi connectivity index (χ4v) is 0.667. The van der Waals surface area contributed by atoms with E-state index in [1.807, 2.05) is 7.11 Å². The van der Waals surface area contributed by atoms with Gasteiger partial charge in [0.1, 0.15) is 6.61 Å². The van der Waals surface area contributed by atoms with Crippen LogP contribution >= 0.6 is 0 Å². The van der Waals surface area contributed by atoms with Crippen LogP contribution in [-0.4, -0.2) is 20.3 Å². The molecule has 0 amide bonds. The van der Waals surface area contributed by atoms with Crippen LogP contribution in [0.2, 0.25) is 0 Å². The third kappa shape index (κ3) is 1.45. The summed E-state index contributed by atoms with van der Waals surface area (Å²) < 4.78 is 2.57. The van der Waals surface area contributed by atoms with Gasteiger partial charge in [0.25, 0.3) is 0 Å². The molecule has 0 aromatic heterocycles. The van der Waals surface area contributed by atoms with E-state index < -0.39 is 0 Å². The maximum absolute atomic E-state index is 5.03. The minimum atomic E-state index is 0.876. The van der Waals surface area contributed by atoms with Gasteiger partial charge in [0, 0.05) is 6.42 Å². The van der Waals surface area contributed by atoms with Crippen LogP contribution < -0.4 is 0 Å². The second-order valence-electron chi connectivity index (χ2n) is 1.81. The second kappa shape index (κ2) is 2.28. The van der Waals surface area contributed by atoms with E-state index in [1.54, 1.807) is 0 Å². The van der Waals surface area contributed by atoms with Gasteiger partial charge in [-0.3, -0.25) is 0 Å². The van der Waals surface area contributed by atoms with Crippen LogP contribution in [0.1, 0.15) is 12.8 Å². The monoisotopic (exact) mass is 103 g/mol. The van der Waals surface area contributed by atoms with Gasteiger partial charge >= 0.3 is 0 Å². The Morgan fingerprint density at radius 2 is 2.29 bits per heavy atom. The van der Waals surface area contributed by atoms with E-state index in [2.05, 4.69) is 4.52 Å². The van der Waals surface area contributed by atoms with Crippen LogP contribution in [0.5, 0.6) is 0 Å². The third-order valence-electron chi connectivity index (χ3n) is 1.11. The summed E-state index contributed by atoms with van der Waals surface area (Å²) in [4.78, 5) is 5.03. The van der Waals surface area contributed by atoms with Gasteiger partial charge in [-0.05, 0) is 6.42 Å². The van der Waals surface area contributed by atoms with Crippen molar-refractivity contribution in [2.45, 2.75) is 12.8 Å². The first-order valence-electron chi connectivity index (χ1n) is 2.65. The summed E-state index contributed by atoms with van der Waals surface area (Å²) in [5.41, 5.74) is 0. The molecule has 1 heterocycles. The zero-order valence-corrected chi connectivity index (χ0v) is 4.64. The summed E-state index contributed by atoms with van der Waals surface area (Å²) >= 11 is 0. The van der Waals surface area contributed by atoms with Gasteiger partial charge < -0.3 is 0 Å². The van der Waals surface area contributed by atoms with Crippen molar-refractivity contribution < 1.29 is 9.41 Å². The molecule has 1 saturated heterocycles. The molecule has 1 fully saturated rings. The quantitative estimate of drug-likeness (QED) is 0.327. The van der Waals surface area contributed by atoms with Gasteiger partial charge in [0.05, 0.1) is 0 Å². The van der Waals surface area contributed by atoms with Crippen molar-refractivity contribution in [1.82, 2.24) is 0 Å². The first kappa shape index (κ1) is 5.06. The Morgan fingerprint density at radius 3 is 2.57 bits per heavy atom. The molecule has 42 valence electrons. The van der Waals surface area contributed by atoms with Crippen LogP contribution in [-0.2, 0) is 9.41 Å². The summed E-state index contributed by atoms with van der Waals surface area (Å²) in [6, 6.07) is 0. The summed E-state index contributed by atoms with van der Waals surface area (Å²) in [7, 11) is 1.89. The van der Waals surface area contributed by atoms with Crippen LogP contribution in [0.15, 0.2) is 0 Å². The van der Waals surface area contributed by atoms with Gasteiger partial charge in [0.15, 0.2) is 13.7 Å². The van der Waals surface area contributed by atoms with Gasteiger partial charge in [0.2, 0.25) is 0 Å². The van der Waals surface area contributed by atoms with E-state index in [0.29, 0.717) is 0 Å². The van der Waals surface area contributed by atoms with Crippen molar-refractivity contribution in [3.63, 3.8) is 0 Å². The van der Waals surface area contributed by atoms with E-state index in [-0.39, 0.29) is 0 Å². The predicted octanol–water partition coefficient (Wildman–Crippen LogP) is 0.894. The maximum Gasteiger partial charge on any atom is 0.186 e. The summed E-state index contributed by atoms with van der Waals surface area (Å²) in [6.45, 7) is 1.89. The number of rotatable bonds is 0. The number of hydrogen-bond acceptors (Lipinski definition) is 1. The van der Waals surface area contributed by atoms with Crippen LogP contribution in [0.3, 0.4) is 0 Å². The molecule has 2 heteroatoms. The molecule has 0 atom stereocenters. The first-order valence-corrected chi connectivity index (χ1v) is 2.65. The molecule has 2 nitrogen and oxygen atoms in total. The minimum Gasteiger partial charge on any atom is -0.242 e.